The number of nitrogens with zero attached hydrogens (tertiary/aromatic N) is 5. The molecule has 5 heteroatoms. The molecule has 2 aromatic heterocycles. The molecule has 2 aliphatic rings. The first kappa shape index (κ1) is 11.0. The van der Waals surface area contributed by atoms with Gasteiger partial charge in [-0.25, -0.2) is 15.0 Å². The van der Waals surface area contributed by atoms with Crippen molar-refractivity contribution in [3.8, 4) is 0 Å². The van der Waals surface area contributed by atoms with E-state index in [9.17, 15) is 0 Å². The summed E-state index contributed by atoms with van der Waals surface area (Å²) in [6.45, 7) is 3.15. The van der Waals surface area contributed by atoms with Gasteiger partial charge in [0.25, 0.3) is 0 Å². The van der Waals surface area contributed by atoms with Gasteiger partial charge in [0, 0.05) is 19.6 Å². The van der Waals surface area contributed by atoms with E-state index in [2.05, 4.69) is 31.6 Å². The third kappa shape index (κ3) is 1.72. The van der Waals surface area contributed by atoms with Crippen LogP contribution in [-0.4, -0.2) is 32.6 Å². The number of aryl methyl sites for hydroxylation is 1. The molecule has 2 aromatic rings. The molecule has 5 nitrogen and oxygen atoms in total. The fourth-order valence-electron chi connectivity index (χ4n) is 3.02. The van der Waals surface area contributed by atoms with E-state index in [4.69, 9.17) is 4.98 Å². The Morgan fingerprint density at radius 2 is 1.89 bits per heavy atom. The maximum absolute atomic E-state index is 4.74. The van der Waals surface area contributed by atoms with Crippen molar-refractivity contribution in [2.45, 2.75) is 32.2 Å². The minimum absolute atomic E-state index is 0.964. The zero-order chi connectivity index (χ0) is 12.7. The second-order valence-electron chi connectivity index (χ2n) is 5.23. The van der Waals surface area contributed by atoms with Crippen LogP contribution < -0.4 is 4.90 Å². The molecule has 19 heavy (non-hydrogen) atoms. The molecular formula is C14H17N5. The maximum Gasteiger partial charge on any atom is 0.165 e. The van der Waals surface area contributed by atoms with Gasteiger partial charge in [-0.2, -0.15) is 0 Å². The van der Waals surface area contributed by atoms with Gasteiger partial charge in [-0.1, -0.05) is 6.08 Å². The number of rotatable bonds is 1. The van der Waals surface area contributed by atoms with E-state index in [0.717, 1.165) is 48.9 Å². The quantitative estimate of drug-likeness (QED) is 0.784. The summed E-state index contributed by atoms with van der Waals surface area (Å²) in [6.07, 6.45) is 10.8. The average Bonchev–Trinajstić information content (AvgIpc) is 2.87. The molecule has 98 valence electrons. The molecule has 0 saturated carbocycles. The van der Waals surface area contributed by atoms with Crippen LogP contribution in [0.25, 0.3) is 17.2 Å². The van der Waals surface area contributed by atoms with Crippen LogP contribution in [0.5, 0.6) is 0 Å². The molecule has 4 heterocycles. The van der Waals surface area contributed by atoms with Gasteiger partial charge in [0.2, 0.25) is 0 Å². The van der Waals surface area contributed by atoms with E-state index in [1.165, 1.54) is 19.3 Å². The largest absolute Gasteiger partial charge is 0.355 e. The molecule has 0 unspecified atom stereocenters. The third-order valence-electron chi connectivity index (χ3n) is 3.98. The number of hydrogen-bond donors (Lipinski definition) is 0. The molecule has 4 rings (SSSR count). The van der Waals surface area contributed by atoms with Crippen LogP contribution in [0.2, 0.25) is 0 Å². The second-order valence-corrected chi connectivity index (χ2v) is 5.23. The molecule has 1 saturated heterocycles. The fraction of sp³-hybridized carbons (Fsp3) is 0.500. The number of imidazole rings is 1. The Morgan fingerprint density at radius 3 is 2.79 bits per heavy atom. The minimum atomic E-state index is 0.964. The van der Waals surface area contributed by atoms with Crippen LogP contribution in [0.4, 0.5) is 5.82 Å². The number of hydrogen-bond acceptors (Lipinski definition) is 4. The normalized spacial score (nSPS) is 18.8. The van der Waals surface area contributed by atoms with Crippen molar-refractivity contribution in [3.05, 3.63) is 18.2 Å². The van der Waals surface area contributed by atoms with E-state index in [0.29, 0.717) is 0 Å². The lowest BCUT2D eigenvalue weighted by Crippen LogP contribution is -2.30. The Balaban J connectivity index is 1.87. The summed E-state index contributed by atoms with van der Waals surface area (Å²) in [5, 5.41) is 0. The highest BCUT2D eigenvalue weighted by Crippen LogP contribution is 2.27. The monoisotopic (exact) mass is 255 g/mol. The molecule has 0 spiro atoms. The van der Waals surface area contributed by atoms with Crippen molar-refractivity contribution in [3.63, 3.8) is 0 Å². The van der Waals surface area contributed by atoms with Gasteiger partial charge in [0.15, 0.2) is 17.0 Å². The van der Waals surface area contributed by atoms with Gasteiger partial charge in [0.1, 0.15) is 12.2 Å². The predicted octanol–water partition coefficient (Wildman–Crippen LogP) is 2.23. The minimum Gasteiger partial charge on any atom is -0.355 e. The topological polar surface area (TPSA) is 46.8 Å². The van der Waals surface area contributed by atoms with Crippen LogP contribution in [0.3, 0.4) is 0 Å². The van der Waals surface area contributed by atoms with Crippen molar-refractivity contribution in [2.75, 3.05) is 18.0 Å². The maximum atomic E-state index is 4.74. The van der Waals surface area contributed by atoms with Gasteiger partial charge in [0.05, 0.1) is 0 Å². The lowest BCUT2D eigenvalue weighted by atomic mass is 10.1. The first-order chi connectivity index (χ1) is 9.43. The third-order valence-corrected chi connectivity index (χ3v) is 3.98. The van der Waals surface area contributed by atoms with Crippen molar-refractivity contribution < 1.29 is 0 Å². The zero-order valence-electron chi connectivity index (χ0n) is 10.9. The SMILES string of the molecule is C1=Cc2nc3c(N4CCCCC4)ncnc3n2CC1. The van der Waals surface area contributed by atoms with Crippen LogP contribution in [0.1, 0.15) is 31.5 Å². The van der Waals surface area contributed by atoms with Crippen LogP contribution in [0.15, 0.2) is 12.4 Å². The van der Waals surface area contributed by atoms with Gasteiger partial charge < -0.3 is 9.47 Å². The van der Waals surface area contributed by atoms with Gasteiger partial charge in [-0.3, -0.25) is 0 Å². The van der Waals surface area contributed by atoms with E-state index in [1.54, 1.807) is 6.33 Å². The molecule has 0 amide bonds. The summed E-state index contributed by atoms with van der Waals surface area (Å²) in [5.74, 6) is 2.03. The van der Waals surface area contributed by atoms with E-state index >= 15 is 0 Å². The molecule has 0 atom stereocenters. The van der Waals surface area contributed by atoms with Crippen molar-refractivity contribution >= 4 is 23.1 Å². The van der Waals surface area contributed by atoms with Gasteiger partial charge >= 0.3 is 0 Å². The summed E-state index contributed by atoms with van der Waals surface area (Å²) >= 11 is 0. The molecule has 1 fully saturated rings. The smallest absolute Gasteiger partial charge is 0.165 e. The molecule has 0 N–H and O–H groups in total. The molecule has 0 radical (unpaired) electrons. The first-order valence-electron chi connectivity index (χ1n) is 7.06. The van der Waals surface area contributed by atoms with Crippen molar-refractivity contribution in [1.29, 1.82) is 0 Å². The summed E-state index contributed by atoms with van der Waals surface area (Å²) in [7, 11) is 0. The molecule has 0 bridgehead atoms. The number of allylic oxidation sites excluding steroid dienone is 1. The lowest BCUT2D eigenvalue weighted by Gasteiger charge is -2.27. The standard InChI is InChI=1S/C14H17N5/c1-3-7-18(8-4-1)13-12-14(16-10-15-13)19-9-5-2-6-11(19)17-12/h2,6,10H,1,3-5,7-9H2. The molecule has 0 aliphatic carbocycles. The van der Waals surface area contributed by atoms with E-state index in [1.807, 2.05) is 0 Å². The number of anilines is 1. The Kier molecular flexibility index (Phi) is 2.50. The highest BCUT2D eigenvalue weighted by atomic mass is 15.2. The van der Waals surface area contributed by atoms with E-state index < -0.39 is 0 Å². The van der Waals surface area contributed by atoms with Gasteiger partial charge in [-0.05, 0) is 31.8 Å². The van der Waals surface area contributed by atoms with Gasteiger partial charge in [-0.15, -0.1) is 0 Å². The first-order valence-corrected chi connectivity index (χ1v) is 7.06. The summed E-state index contributed by atoms with van der Waals surface area (Å²) < 4.78 is 2.20. The number of piperidine rings is 1. The Morgan fingerprint density at radius 1 is 1.00 bits per heavy atom. The van der Waals surface area contributed by atoms with Crippen LogP contribution in [-0.2, 0) is 6.54 Å². The number of aromatic nitrogens is 4. The van der Waals surface area contributed by atoms with Crippen LogP contribution in [0, 0.1) is 0 Å². The lowest BCUT2D eigenvalue weighted by molar-refractivity contribution is 0.574. The predicted molar refractivity (Wildman–Crippen MR) is 75.0 cm³/mol. The average molecular weight is 255 g/mol. The summed E-state index contributed by atoms with van der Waals surface area (Å²) in [5.41, 5.74) is 1.95. The molecule has 2 aliphatic heterocycles. The Bertz CT molecular complexity index is 637. The van der Waals surface area contributed by atoms with Crippen LogP contribution >= 0.6 is 0 Å². The zero-order valence-corrected chi connectivity index (χ0v) is 10.9. The van der Waals surface area contributed by atoms with Crippen molar-refractivity contribution in [1.82, 2.24) is 19.5 Å². The fourth-order valence-corrected chi connectivity index (χ4v) is 3.02. The second kappa shape index (κ2) is 4.33. The summed E-state index contributed by atoms with van der Waals surface area (Å²) in [6, 6.07) is 0. The molecule has 0 aromatic carbocycles. The highest BCUT2D eigenvalue weighted by Gasteiger charge is 2.20. The van der Waals surface area contributed by atoms with Crippen molar-refractivity contribution in [2.24, 2.45) is 0 Å². The number of fused-ring (bicyclic) bond motifs is 3. The summed E-state index contributed by atoms with van der Waals surface area (Å²) in [4.78, 5) is 16.0. The highest BCUT2D eigenvalue weighted by molar-refractivity contribution is 5.85. The molecular weight excluding hydrogens is 238 g/mol. The van der Waals surface area contributed by atoms with E-state index in [-0.39, 0.29) is 0 Å². The Labute approximate surface area is 112 Å². The Hall–Kier alpha value is -1.91.